The molecule has 4 nitrogen and oxygen atoms in total. The molecule has 2 atom stereocenters. The first-order chi connectivity index (χ1) is 9.97. The van der Waals surface area contributed by atoms with Crippen molar-refractivity contribution in [3.8, 4) is 0 Å². The summed E-state index contributed by atoms with van der Waals surface area (Å²) >= 11 is 0. The third-order valence-electron chi connectivity index (χ3n) is 4.56. The third kappa shape index (κ3) is 3.84. The van der Waals surface area contributed by atoms with Gasteiger partial charge in [0.05, 0.1) is 11.5 Å². The number of sulfonamides is 1. The summed E-state index contributed by atoms with van der Waals surface area (Å²) in [7, 11) is -3.51. The molecule has 5 heteroatoms. The van der Waals surface area contributed by atoms with Gasteiger partial charge in [0.1, 0.15) is 0 Å². The molecule has 0 aliphatic heterocycles. The molecule has 21 heavy (non-hydrogen) atoms. The maximum Gasteiger partial charge on any atom is 0.240 e. The van der Waals surface area contributed by atoms with Gasteiger partial charge in [0.25, 0.3) is 0 Å². The standard InChI is InChI=1S/C16H25NO3S/c1-3-14-8-7-13(11-18)9-16(14)21(19,20)17-10-15-6-4-5-12(15)2/h7-9,12,15,17-18H,3-6,10-11H2,1-2H3. The Morgan fingerprint density at radius 1 is 1.33 bits per heavy atom. The van der Waals surface area contributed by atoms with E-state index in [1.165, 1.54) is 12.8 Å². The van der Waals surface area contributed by atoms with E-state index in [-0.39, 0.29) is 6.61 Å². The maximum atomic E-state index is 12.6. The zero-order chi connectivity index (χ0) is 15.5. The van der Waals surface area contributed by atoms with Crippen molar-refractivity contribution in [1.82, 2.24) is 4.72 Å². The van der Waals surface area contributed by atoms with Gasteiger partial charge in [0.2, 0.25) is 10.0 Å². The topological polar surface area (TPSA) is 66.4 Å². The Morgan fingerprint density at radius 2 is 2.10 bits per heavy atom. The molecule has 0 spiro atoms. The molecule has 0 bridgehead atoms. The predicted octanol–water partition coefficient (Wildman–Crippen LogP) is 2.46. The fourth-order valence-corrected chi connectivity index (χ4v) is 4.51. The number of aryl methyl sites for hydroxylation is 1. The highest BCUT2D eigenvalue weighted by atomic mass is 32.2. The van der Waals surface area contributed by atoms with Crippen LogP contribution in [-0.2, 0) is 23.1 Å². The van der Waals surface area contributed by atoms with Crippen LogP contribution in [0.4, 0.5) is 0 Å². The minimum Gasteiger partial charge on any atom is -0.392 e. The van der Waals surface area contributed by atoms with E-state index in [0.29, 0.717) is 35.3 Å². The van der Waals surface area contributed by atoms with E-state index in [2.05, 4.69) is 11.6 Å². The number of hydrogen-bond acceptors (Lipinski definition) is 3. The monoisotopic (exact) mass is 311 g/mol. The zero-order valence-corrected chi connectivity index (χ0v) is 13.6. The first kappa shape index (κ1) is 16.5. The van der Waals surface area contributed by atoms with E-state index >= 15 is 0 Å². The molecule has 1 aliphatic carbocycles. The lowest BCUT2D eigenvalue weighted by Gasteiger charge is -2.17. The molecule has 0 radical (unpaired) electrons. The first-order valence-corrected chi connectivity index (χ1v) is 9.18. The molecule has 118 valence electrons. The van der Waals surface area contributed by atoms with Crippen LogP contribution in [-0.4, -0.2) is 20.1 Å². The van der Waals surface area contributed by atoms with Crippen molar-refractivity contribution in [2.24, 2.45) is 11.8 Å². The lowest BCUT2D eigenvalue weighted by molar-refractivity contribution is 0.281. The van der Waals surface area contributed by atoms with Crippen molar-refractivity contribution < 1.29 is 13.5 Å². The van der Waals surface area contributed by atoms with Crippen LogP contribution in [0.5, 0.6) is 0 Å². The van der Waals surface area contributed by atoms with Crippen molar-refractivity contribution in [1.29, 1.82) is 0 Å². The molecule has 1 fully saturated rings. The average Bonchev–Trinajstić information content (AvgIpc) is 2.90. The van der Waals surface area contributed by atoms with Crippen LogP contribution in [0.25, 0.3) is 0 Å². The Bertz CT molecular complexity index is 583. The lowest BCUT2D eigenvalue weighted by atomic mass is 9.99. The molecule has 1 saturated carbocycles. The fourth-order valence-electron chi connectivity index (χ4n) is 3.06. The second-order valence-corrected chi connectivity index (χ2v) is 7.71. The number of nitrogens with one attached hydrogen (secondary N) is 1. The summed E-state index contributed by atoms with van der Waals surface area (Å²) in [4.78, 5) is 0.308. The van der Waals surface area contributed by atoms with E-state index < -0.39 is 10.0 Å². The molecule has 1 aromatic rings. The van der Waals surface area contributed by atoms with Crippen LogP contribution in [0.2, 0.25) is 0 Å². The van der Waals surface area contributed by atoms with Gasteiger partial charge in [-0.1, -0.05) is 38.8 Å². The Balaban J connectivity index is 2.18. The third-order valence-corrected chi connectivity index (χ3v) is 6.07. The number of rotatable bonds is 6. The van der Waals surface area contributed by atoms with Crippen LogP contribution in [0.15, 0.2) is 23.1 Å². The summed E-state index contributed by atoms with van der Waals surface area (Å²) in [6, 6.07) is 5.15. The van der Waals surface area contributed by atoms with E-state index in [4.69, 9.17) is 0 Å². The molecular formula is C16H25NO3S. The molecule has 1 aliphatic rings. The van der Waals surface area contributed by atoms with E-state index in [9.17, 15) is 13.5 Å². The normalized spacial score (nSPS) is 22.6. The maximum absolute atomic E-state index is 12.6. The van der Waals surface area contributed by atoms with Gasteiger partial charge in [0, 0.05) is 6.54 Å². The van der Waals surface area contributed by atoms with Gasteiger partial charge in [0.15, 0.2) is 0 Å². The van der Waals surface area contributed by atoms with Gasteiger partial charge in [-0.25, -0.2) is 13.1 Å². The number of aliphatic hydroxyl groups excluding tert-OH is 1. The highest BCUT2D eigenvalue weighted by Gasteiger charge is 2.26. The molecule has 2 unspecified atom stereocenters. The Kier molecular flexibility index (Phi) is 5.41. The molecule has 0 aromatic heterocycles. The summed E-state index contributed by atoms with van der Waals surface area (Å²) in [6.45, 7) is 4.49. The molecule has 0 saturated heterocycles. The second kappa shape index (κ2) is 6.90. The molecule has 2 rings (SSSR count). The predicted molar refractivity (Wildman–Crippen MR) is 83.4 cm³/mol. The van der Waals surface area contributed by atoms with E-state index in [1.54, 1.807) is 18.2 Å². The highest BCUT2D eigenvalue weighted by Crippen LogP contribution is 2.31. The second-order valence-electron chi connectivity index (χ2n) is 5.97. The Morgan fingerprint density at radius 3 is 2.67 bits per heavy atom. The van der Waals surface area contributed by atoms with Crippen LogP contribution in [0.3, 0.4) is 0 Å². The van der Waals surface area contributed by atoms with Gasteiger partial charge in [-0.2, -0.15) is 0 Å². The van der Waals surface area contributed by atoms with Gasteiger partial charge in [-0.3, -0.25) is 0 Å². The van der Waals surface area contributed by atoms with Crippen molar-refractivity contribution >= 4 is 10.0 Å². The highest BCUT2D eigenvalue weighted by molar-refractivity contribution is 7.89. The summed E-state index contributed by atoms with van der Waals surface area (Å²) in [6.07, 6.45) is 4.13. The lowest BCUT2D eigenvalue weighted by Crippen LogP contribution is -2.31. The van der Waals surface area contributed by atoms with Crippen molar-refractivity contribution in [3.05, 3.63) is 29.3 Å². The van der Waals surface area contributed by atoms with Crippen LogP contribution in [0, 0.1) is 11.8 Å². The van der Waals surface area contributed by atoms with E-state index in [1.807, 2.05) is 6.92 Å². The molecule has 2 N–H and O–H groups in total. The SMILES string of the molecule is CCc1ccc(CO)cc1S(=O)(=O)NCC1CCCC1C. The minimum atomic E-state index is -3.51. The number of benzene rings is 1. The summed E-state index contributed by atoms with van der Waals surface area (Å²) in [5.74, 6) is 1.02. The van der Waals surface area contributed by atoms with Gasteiger partial charge in [-0.15, -0.1) is 0 Å². The summed E-state index contributed by atoms with van der Waals surface area (Å²) < 4.78 is 27.9. The largest absolute Gasteiger partial charge is 0.392 e. The fraction of sp³-hybridized carbons (Fsp3) is 0.625. The van der Waals surface area contributed by atoms with Crippen LogP contribution in [0.1, 0.15) is 44.2 Å². The molecular weight excluding hydrogens is 286 g/mol. The molecule has 1 aromatic carbocycles. The molecule has 0 heterocycles. The summed E-state index contributed by atoms with van der Waals surface area (Å²) in [5, 5.41) is 9.21. The van der Waals surface area contributed by atoms with Crippen molar-refractivity contribution in [2.75, 3.05) is 6.54 Å². The summed E-state index contributed by atoms with van der Waals surface area (Å²) in [5.41, 5.74) is 1.42. The van der Waals surface area contributed by atoms with Gasteiger partial charge < -0.3 is 5.11 Å². The minimum absolute atomic E-state index is 0.147. The van der Waals surface area contributed by atoms with Crippen molar-refractivity contribution in [2.45, 2.75) is 51.0 Å². The Labute approximate surface area is 127 Å². The molecule has 0 amide bonds. The Hall–Kier alpha value is -0.910. The smallest absolute Gasteiger partial charge is 0.240 e. The van der Waals surface area contributed by atoms with Crippen LogP contribution >= 0.6 is 0 Å². The quantitative estimate of drug-likeness (QED) is 0.848. The zero-order valence-electron chi connectivity index (χ0n) is 12.8. The van der Waals surface area contributed by atoms with Crippen LogP contribution < -0.4 is 4.72 Å². The van der Waals surface area contributed by atoms with E-state index in [0.717, 1.165) is 12.0 Å². The van der Waals surface area contributed by atoms with Crippen molar-refractivity contribution in [3.63, 3.8) is 0 Å². The number of aliphatic hydroxyl groups is 1. The number of hydrogen-bond donors (Lipinski definition) is 2. The van der Waals surface area contributed by atoms with Gasteiger partial charge >= 0.3 is 0 Å². The van der Waals surface area contributed by atoms with Gasteiger partial charge in [-0.05, 0) is 41.9 Å². The first-order valence-electron chi connectivity index (χ1n) is 7.70. The average molecular weight is 311 g/mol.